The highest BCUT2D eigenvalue weighted by Crippen LogP contribution is 2.33. The molecule has 0 aliphatic carbocycles. The van der Waals surface area contributed by atoms with Crippen LogP contribution in [0, 0.1) is 12.7 Å². The van der Waals surface area contributed by atoms with Crippen LogP contribution in [0.25, 0.3) is 10.9 Å². The zero-order chi connectivity index (χ0) is 21.3. The number of benzene rings is 2. The second kappa shape index (κ2) is 8.43. The van der Waals surface area contributed by atoms with Crippen LogP contribution in [0.3, 0.4) is 0 Å². The number of hydrogen-bond acceptors (Lipinski definition) is 4. The van der Waals surface area contributed by atoms with Gasteiger partial charge in [-0.25, -0.2) is 4.39 Å². The Morgan fingerprint density at radius 1 is 1.17 bits per heavy atom. The first kappa shape index (κ1) is 21.1. The molecule has 1 heterocycles. The van der Waals surface area contributed by atoms with Crippen LogP contribution >= 0.6 is 23.2 Å². The minimum absolute atomic E-state index is 0.116. The summed E-state index contributed by atoms with van der Waals surface area (Å²) in [6.07, 6.45) is 0.559. The van der Waals surface area contributed by atoms with Crippen molar-refractivity contribution in [3.05, 3.63) is 63.0 Å². The molecule has 1 aromatic heterocycles. The third kappa shape index (κ3) is 4.09. The van der Waals surface area contributed by atoms with E-state index in [-0.39, 0.29) is 29.1 Å². The molecular formula is C21H18Cl2FNO4. The Balaban J connectivity index is 2.17. The van der Waals surface area contributed by atoms with Crippen molar-refractivity contribution in [3.63, 3.8) is 0 Å². The number of phenols is 1. The molecule has 29 heavy (non-hydrogen) atoms. The third-order valence-electron chi connectivity index (χ3n) is 4.56. The largest absolute Gasteiger partial charge is 0.505 e. The van der Waals surface area contributed by atoms with Gasteiger partial charge in [-0.05, 0) is 43.2 Å². The van der Waals surface area contributed by atoms with Gasteiger partial charge >= 0.3 is 5.97 Å². The molecular weight excluding hydrogens is 420 g/mol. The van der Waals surface area contributed by atoms with E-state index in [1.165, 1.54) is 28.8 Å². The molecule has 5 nitrogen and oxygen atoms in total. The van der Waals surface area contributed by atoms with Crippen LogP contribution in [0.1, 0.15) is 35.0 Å². The second-order valence-corrected chi connectivity index (χ2v) is 7.37. The molecule has 3 aromatic rings. The SMILES string of the molecule is CCCOC(=O)Cc1c(C)n(C(=O)c2ccc(Cl)c(Cl)c2)c2cc(F)c(O)cc12. The monoisotopic (exact) mass is 437 g/mol. The van der Waals surface area contributed by atoms with Crippen LogP contribution in [0.2, 0.25) is 10.0 Å². The molecule has 8 heteroatoms. The summed E-state index contributed by atoms with van der Waals surface area (Å²) in [5, 5.41) is 10.7. The molecule has 3 rings (SSSR count). The number of carbonyl (C=O) groups excluding carboxylic acids is 2. The topological polar surface area (TPSA) is 68.5 Å². The fourth-order valence-corrected chi connectivity index (χ4v) is 3.44. The fraction of sp³-hybridized carbons (Fsp3) is 0.238. The molecule has 0 amide bonds. The Morgan fingerprint density at radius 2 is 1.90 bits per heavy atom. The van der Waals surface area contributed by atoms with E-state index in [9.17, 15) is 19.1 Å². The van der Waals surface area contributed by atoms with Gasteiger partial charge in [0.1, 0.15) is 0 Å². The normalized spacial score (nSPS) is 11.1. The van der Waals surface area contributed by atoms with Crippen molar-refractivity contribution in [2.45, 2.75) is 26.7 Å². The second-order valence-electron chi connectivity index (χ2n) is 6.55. The molecule has 0 unspecified atom stereocenters. The number of carbonyl (C=O) groups is 2. The van der Waals surface area contributed by atoms with Gasteiger partial charge in [0.05, 0.1) is 28.6 Å². The quantitative estimate of drug-likeness (QED) is 0.550. The van der Waals surface area contributed by atoms with Crippen molar-refractivity contribution < 1.29 is 23.8 Å². The number of ether oxygens (including phenoxy) is 1. The number of phenolic OH excluding ortho intramolecular Hbond substituents is 1. The van der Waals surface area contributed by atoms with Gasteiger partial charge in [0.2, 0.25) is 0 Å². The first-order chi connectivity index (χ1) is 13.7. The third-order valence-corrected chi connectivity index (χ3v) is 5.30. The molecule has 0 radical (unpaired) electrons. The van der Waals surface area contributed by atoms with Gasteiger partial charge in [-0.1, -0.05) is 30.1 Å². The highest BCUT2D eigenvalue weighted by molar-refractivity contribution is 6.42. The van der Waals surface area contributed by atoms with Crippen molar-refractivity contribution >= 4 is 46.0 Å². The van der Waals surface area contributed by atoms with Gasteiger partial charge in [0, 0.05) is 22.7 Å². The number of halogens is 3. The van der Waals surface area contributed by atoms with Gasteiger partial charge in [-0.15, -0.1) is 0 Å². The number of rotatable bonds is 5. The lowest BCUT2D eigenvalue weighted by Crippen LogP contribution is -2.15. The summed E-state index contributed by atoms with van der Waals surface area (Å²) in [5.41, 5.74) is 1.39. The summed E-state index contributed by atoms with van der Waals surface area (Å²) in [6.45, 7) is 3.80. The molecule has 0 fully saturated rings. The van der Waals surface area contributed by atoms with Crippen molar-refractivity contribution in [3.8, 4) is 5.75 Å². The van der Waals surface area contributed by atoms with Gasteiger partial charge in [-0.2, -0.15) is 0 Å². The minimum Gasteiger partial charge on any atom is -0.505 e. The molecule has 0 aliphatic heterocycles. The molecule has 0 saturated heterocycles. The lowest BCUT2D eigenvalue weighted by molar-refractivity contribution is -0.142. The Bertz CT molecular complexity index is 1120. The molecule has 2 aromatic carbocycles. The molecule has 0 spiro atoms. The predicted molar refractivity (Wildman–Crippen MR) is 109 cm³/mol. The first-order valence-electron chi connectivity index (χ1n) is 8.92. The van der Waals surface area contributed by atoms with E-state index in [4.69, 9.17) is 27.9 Å². The average molecular weight is 438 g/mol. The summed E-state index contributed by atoms with van der Waals surface area (Å²) in [7, 11) is 0. The Labute approximate surface area is 176 Å². The molecule has 0 saturated carbocycles. The van der Waals surface area contributed by atoms with Gasteiger partial charge in [-0.3, -0.25) is 14.2 Å². The summed E-state index contributed by atoms with van der Waals surface area (Å²) in [5.74, 6) is -2.39. The number of nitrogens with zero attached hydrogens (tertiary/aromatic N) is 1. The van der Waals surface area contributed by atoms with Crippen molar-refractivity contribution in [2.75, 3.05) is 6.61 Å². The van der Waals surface area contributed by atoms with Crippen molar-refractivity contribution in [1.29, 1.82) is 0 Å². The molecule has 0 bridgehead atoms. The maximum atomic E-state index is 14.1. The highest BCUT2D eigenvalue weighted by atomic mass is 35.5. The van der Waals surface area contributed by atoms with Crippen LogP contribution in [-0.2, 0) is 16.0 Å². The highest BCUT2D eigenvalue weighted by Gasteiger charge is 2.24. The average Bonchev–Trinajstić information content (AvgIpc) is 2.93. The zero-order valence-electron chi connectivity index (χ0n) is 15.8. The Morgan fingerprint density at radius 3 is 2.55 bits per heavy atom. The van der Waals surface area contributed by atoms with Crippen molar-refractivity contribution in [1.82, 2.24) is 4.57 Å². The summed E-state index contributed by atoms with van der Waals surface area (Å²) in [4.78, 5) is 25.3. The number of fused-ring (bicyclic) bond motifs is 1. The number of aromatic hydroxyl groups is 1. The lowest BCUT2D eigenvalue weighted by Gasteiger charge is -2.09. The Hall–Kier alpha value is -2.57. The molecule has 1 N–H and O–H groups in total. The van der Waals surface area contributed by atoms with E-state index in [1.807, 2.05) is 6.92 Å². The predicted octanol–water partition coefficient (Wildman–Crippen LogP) is 5.29. The van der Waals surface area contributed by atoms with Crippen LogP contribution in [0.15, 0.2) is 30.3 Å². The zero-order valence-corrected chi connectivity index (χ0v) is 17.3. The van der Waals surface area contributed by atoms with Crippen LogP contribution in [0.5, 0.6) is 5.75 Å². The standard InChI is InChI=1S/C21H18Cl2FNO4/c1-3-6-29-20(27)9-13-11(2)25(18-10-17(24)19(26)8-14(13)18)21(28)12-4-5-15(22)16(23)7-12/h4-5,7-8,10,26H,3,6,9H2,1-2H3. The number of esters is 1. The lowest BCUT2D eigenvalue weighted by atomic mass is 10.1. The smallest absolute Gasteiger partial charge is 0.310 e. The summed E-state index contributed by atoms with van der Waals surface area (Å²) in [6, 6.07) is 6.69. The van der Waals surface area contributed by atoms with Crippen molar-refractivity contribution in [2.24, 2.45) is 0 Å². The maximum absolute atomic E-state index is 14.1. The minimum atomic E-state index is -0.877. The fourth-order valence-electron chi connectivity index (χ4n) is 3.14. The van der Waals surface area contributed by atoms with Crippen LogP contribution < -0.4 is 0 Å². The van der Waals surface area contributed by atoms with E-state index < -0.39 is 23.4 Å². The first-order valence-corrected chi connectivity index (χ1v) is 9.68. The number of hydrogen-bond donors (Lipinski definition) is 1. The number of aromatic nitrogens is 1. The summed E-state index contributed by atoms with van der Waals surface area (Å²) >= 11 is 11.9. The van der Waals surface area contributed by atoms with E-state index >= 15 is 0 Å². The molecule has 0 atom stereocenters. The van der Waals surface area contributed by atoms with E-state index in [2.05, 4.69) is 0 Å². The van der Waals surface area contributed by atoms with E-state index in [0.717, 1.165) is 6.07 Å². The van der Waals surface area contributed by atoms with Gasteiger partial charge < -0.3 is 9.84 Å². The van der Waals surface area contributed by atoms with Crippen LogP contribution in [0.4, 0.5) is 4.39 Å². The maximum Gasteiger partial charge on any atom is 0.310 e. The summed E-state index contributed by atoms with van der Waals surface area (Å²) < 4.78 is 20.5. The molecule has 152 valence electrons. The van der Waals surface area contributed by atoms with Gasteiger partial charge in [0.15, 0.2) is 11.6 Å². The van der Waals surface area contributed by atoms with Crippen LogP contribution in [-0.4, -0.2) is 28.2 Å². The molecule has 0 aliphatic rings. The Kier molecular flexibility index (Phi) is 6.15. The van der Waals surface area contributed by atoms with E-state index in [1.54, 1.807) is 6.92 Å². The van der Waals surface area contributed by atoms with Gasteiger partial charge in [0.25, 0.3) is 5.91 Å². The van der Waals surface area contributed by atoms with E-state index in [0.29, 0.717) is 28.1 Å².